The molecule has 1 aromatic carbocycles. The monoisotopic (exact) mass is 366 g/mol. The van der Waals surface area contributed by atoms with Gasteiger partial charge in [-0.25, -0.2) is 0 Å². The van der Waals surface area contributed by atoms with Crippen molar-refractivity contribution in [1.29, 1.82) is 0 Å². The van der Waals surface area contributed by atoms with Crippen LogP contribution in [0, 0.1) is 5.92 Å². The van der Waals surface area contributed by atoms with E-state index in [2.05, 4.69) is 5.32 Å². The van der Waals surface area contributed by atoms with Crippen LogP contribution < -0.4 is 5.32 Å². The Hall–Kier alpha value is -1.01. The summed E-state index contributed by atoms with van der Waals surface area (Å²) in [6.07, 6.45) is 0.564. The Bertz CT molecular complexity index is 568. The van der Waals surface area contributed by atoms with E-state index in [0.717, 1.165) is 0 Å². The predicted molar refractivity (Wildman–Crippen MR) is 89.1 cm³/mol. The second kappa shape index (κ2) is 8.02. The molecular weight excluding hydrogens is 351 g/mol. The number of aliphatic carboxylic acids is 1. The van der Waals surface area contributed by atoms with Gasteiger partial charge in [-0.1, -0.05) is 23.2 Å². The zero-order valence-electron chi connectivity index (χ0n) is 11.9. The zero-order chi connectivity index (χ0) is 15.6. The number of benzene rings is 1. The number of anilines is 1. The highest BCUT2D eigenvalue weighted by Crippen LogP contribution is 2.26. The van der Waals surface area contributed by atoms with Gasteiger partial charge in [-0.2, -0.15) is 0 Å². The van der Waals surface area contributed by atoms with Gasteiger partial charge in [0.15, 0.2) is 0 Å². The molecule has 1 aliphatic heterocycles. The van der Waals surface area contributed by atoms with E-state index in [1.165, 1.54) is 0 Å². The van der Waals surface area contributed by atoms with Crippen molar-refractivity contribution in [3.8, 4) is 0 Å². The van der Waals surface area contributed by atoms with E-state index in [-0.39, 0.29) is 18.3 Å². The lowest BCUT2D eigenvalue weighted by Crippen LogP contribution is -2.41. The topological polar surface area (TPSA) is 69.6 Å². The third-order valence-corrected chi connectivity index (χ3v) is 4.23. The Labute approximate surface area is 145 Å². The van der Waals surface area contributed by atoms with Gasteiger partial charge in [-0.3, -0.25) is 14.5 Å². The minimum Gasteiger partial charge on any atom is -0.481 e. The number of hydrogen-bond acceptors (Lipinski definition) is 3. The number of carboxylic acids is 1. The van der Waals surface area contributed by atoms with Gasteiger partial charge in [0.05, 0.1) is 22.7 Å². The molecule has 1 amide bonds. The molecule has 1 heterocycles. The first-order valence-corrected chi connectivity index (χ1v) is 7.37. The number of likely N-dealkylation sites (tertiary alicyclic amines) is 1. The number of halogens is 3. The molecule has 0 spiro atoms. The maximum atomic E-state index is 12.2. The van der Waals surface area contributed by atoms with Crippen LogP contribution >= 0.6 is 35.6 Å². The molecule has 1 saturated heterocycles. The van der Waals surface area contributed by atoms with Crippen molar-refractivity contribution in [1.82, 2.24) is 4.90 Å². The van der Waals surface area contributed by atoms with Gasteiger partial charge in [-0.05, 0) is 38.1 Å². The lowest BCUT2D eigenvalue weighted by Gasteiger charge is -2.23. The molecule has 122 valence electrons. The fourth-order valence-corrected chi connectivity index (χ4v) is 2.79. The van der Waals surface area contributed by atoms with Gasteiger partial charge in [0.1, 0.15) is 0 Å². The van der Waals surface area contributed by atoms with E-state index in [4.69, 9.17) is 28.3 Å². The third kappa shape index (κ3) is 4.49. The Kier molecular flexibility index (Phi) is 6.94. The van der Waals surface area contributed by atoms with Gasteiger partial charge in [0, 0.05) is 11.6 Å². The van der Waals surface area contributed by atoms with E-state index >= 15 is 0 Å². The number of carbonyl (C=O) groups is 2. The first-order valence-electron chi connectivity index (χ1n) is 6.61. The van der Waals surface area contributed by atoms with Crippen LogP contribution in [0.2, 0.25) is 10.0 Å². The summed E-state index contributed by atoms with van der Waals surface area (Å²) in [5.41, 5.74) is 0.492. The smallest absolute Gasteiger partial charge is 0.307 e. The minimum absolute atomic E-state index is 0. The molecule has 1 fully saturated rings. The number of nitrogens with zero attached hydrogens (tertiary/aromatic N) is 1. The van der Waals surface area contributed by atoms with Crippen molar-refractivity contribution in [3.05, 3.63) is 28.2 Å². The van der Waals surface area contributed by atoms with E-state index in [1.807, 2.05) is 4.90 Å². The lowest BCUT2D eigenvalue weighted by molar-refractivity contribution is -0.141. The van der Waals surface area contributed by atoms with Gasteiger partial charge in [0.2, 0.25) is 5.91 Å². The summed E-state index contributed by atoms with van der Waals surface area (Å²) >= 11 is 11.8. The molecule has 0 aliphatic carbocycles. The fraction of sp³-hybridized carbons (Fsp3) is 0.429. The molecule has 0 saturated carbocycles. The summed E-state index contributed by atoms with van der Waals surface area (Å²) in [6, 6.07) is 4.42. The maximum absolute atomic E-state index is 12.2. The van der Waals surface area contributed by atoms with Crippen LogP contribution in [0.5, 0.6) is 0 Å². The normalized spacial score (nSPS) is 19.3. The summed E-state index contributed by atoms with van der Waals surface area (Å²) in [5, 5.41) is 12.6. The van der Waals surface area contributed by atoms with Crippen molar-refractivity contribution in [3.63, 3.8) is 0 Å². The van der Waals surface area contributed by atoms with E-state index in [9.17, 15) is 9.59 Å². The van der Waals surface area contributed by atoms with Crippen molar-refractivity contribution in [2.24, 2.45) is 5.92 Å². The number of hydrogen-bond donors (Lipinski definition) is 2. The van der Waals surface area contributed by atoms with Crippen LogP contribution in [0.15, 0.2) is 18.2 Å². The molecule has 8 heteroatoms. The molecule has 0 bridgehead atoms. The first-order chi connectivity index (χ1) is 9.88. The molecule has 5 nitrogen and oxygen atoms in total. The first kappa shape index (κ1) is 19.0. The Balaban J connectivity index is 0.00000242. The van der Waals surface area contributed by atoms with E-state index in [0.29, 0.717) is 35.2 Å². The lowest BCUT2D eigenvalue weighted by atomic mass is 10.1. The number of carbonyl (C=O) groups excluding carboxylic acids is 1. The van der Waals surface area contributed by atoms with Crippen LogP contribution in [0.3, 0.4) is 0 Å². The zero-order valence-corrected chi connectivity index (χ0v) is 14.2. The Morgan fingerprint density at radius 3 is 2.64 bits per heavy atom. The van der Waals surface area contributed by atoms with Gasteiger partial charge < -0.3 is 10.4 Å². The van der Waals surface area contributed by atoms with Crippen LogP contribution in [0.25, 0.3) is 0 Å². The molecule has 1 aliphatic rings. The molecule has 2 rings (SSSR count). The van der Waals surface area contributed by atoms with Crippen LogP contribution in [0.4, 0.5) is 5.69 Å². The maximum Gasteiger partial charge on any atom is 0.307 e. The molecular formula is C14H17Cl3N2O3. The Morgan fingerprint density at radius 1 is 1.41 bits per heavy atom. The summed E-state index contributed by atoms with van der Waals surface area (Å²) in [5.74, 6) is -1.43. The van der Waals surface area contributed by atoms with Gasteiger partial charge >= 0.3 is 5.97 Å². The Morgan fingerprint density at radius 2 is 2.09 bits per heavy atom. The SMILES string of the molecule is CC(C(=O)Nc1ccc(Cl)cc1Cl)N1CCC(C(=O)O)C1.Cl. The summed E-state index contributed by atoms with van der Waals surface area (Å²) in [4.78, 5) is 25.0. The van der Waals surface area contributed by atoms with Crippen LogP contribution in [-0.4, -0.2) is 41.0 Å². The molecule has 0 aromatic heterocycles. The van der Waals surface area contributed by atoms with Crippen molar-refractivity contribution in [2.75, 3.05) is 18.4 Å². The second-order valence-electron chi connectivity index (χ2n) is 5.11. The third-order valence-electron chi connectivity index (χ3n) is 3.69. The van der Waals surface area contributed by atoms with Gasteiger partial charge in [0.25, 0.3) is 0 Å². The van der Waals surface area contributed by atoms with Crippen LogP contribution in [-0.2, 0) is 9.59 Å². The quantitative estimate of drug-likeness (QED) is 0.857. The van der Waals surface area contributed by atoms with Gasteiger partial charge in [-0.15, -0.1) is 12.4 Å². The summed E-state index contributed by atoms with van der Waals surface area (Å²) < 4.78 is 0. The van der Waals surface area contributed by atoms with Crippen molar-refractivity contribution < 1.29 is 14.7 Å². The number of carboxylic acid groups (broad SMARTS) is 1. The largest absolute Gasteiger partial charge is 0.481 e. The molecule has 2 N–H and O–H groups in total. The fourth-order valence-electron chi connectivity index (χ4n) is 2.33. The second-order valence-corrected chi connectivity index (χ2v) is 5.95. The highest BCUT2D eigenvalue weighted by atomic mass is 35.5. The van der Waals surface area contributed by atoms with Crippen molar-refractivity contribution >= 4 is 53.2 Å². The summed E-state index contributed by atoms with van der Waals surface area (Å²) in [7, 11) is 0. The number of rotatable bonds is 4. The number of nitrogens with one attached hydrogen (secondary N) is 1. The summed E-state index contributed by atoms with van der Waals surface area (Å²) in [6.45, 7) is 2.74. The average molecular weight is 368 g/mol. The molecule has 2 atom stereocenters. The van der Waals surface area contributed by atoms with E-state index in [1.54, 1.807) is 25.1 Å². The van der Waals surface area contributed by atoms with Crippen LogP contribution in [0.1, 0.15) is 13.3 Å². The highest BCUT2D eigenvalue weighted by molar-refractivity contribution is 6.36. The highest BCUT2D eigenvalue weighted by Gasteiger charge is 2.33. The predicted octanol–water partition coefficient (Wildman–Crippen LogP) is 3.15. The molecule has 22 heavy (non-hydrogen) atoms. The molecule has 0 radical (unpaired) electrons. The molecule has 1 aromatic rings. The average Bonchev–Trinajstić information content (AvgIpc) is 2.90. The molecule has 2 unspecified atom stereocenters. The minimum atomic E-state index is -0.814. The number of amides is 1. The van der Waals surface area contributed by atoms with Crippen molar-refractivity contribution in [2.45, 2.75) is 19.4 Å². The standard InChI is InChI=1S/C14H16Cl2N2O3.ClH/c1-8(18-5-4-9(7-18)14(20)21)13(19)17-12-3-2-10(15)6-11(12)16;/h2-3,6,8-9H,4-5,7H2,1H3,(H,17,19)(H,20,21);1H. The van der Waals surface area contributed by atoms with E-state index < -0.39 is 17.9 Å².